The third kappa shape index (κ3) is 3.03. The molecule has 3 rings (SSSR count). The van der Waals surface area contributed by atoms with Gasteiger partial charge >= 0.3 is 0 Å². The van der Waals surface area contributed by atoms with Crippen LogP contribution in [0, 0.1) is 6.92 Å². The molecule has 0 aromatic carbocycles. The molecule has 2 saturated heterocycles. The molecule has 2 fully saturated rings. The SMILES string of the molecule is Cc1cn[nH]c1C1(C)CCN(C(=O)C2CCCN2C(C)C)CC1. The fraction of sp³-hybridized carbons (Fsp3) is 0.778. The zero-order valence-corrected chi connectivity index (χ0v) is 14.9. The van der Waals surface area contributed by atoms with Crippen LogP contribution in [-0.2, 0) is 10.2 Å². The highest BCUT2D eigenvalue weighted by atomic mass is 16.2. The van der Waals surface area contributed by atoms with Gasteiger partial charge < -0.3 is 4.90 Å². The van der Waals surface area contributed by atoms with Crippen molar-refractivity contribution < 1.29 is 4.79 Å². The average Bonchev–Trinajstić information content (AvgIpc) is 3.16. The lowest BCUT2D eigenvalue weighted by Crippen LogP contribution is -2.52. The van der Waals surface area contributed by atoms with Gasteiger partial charge in [-0.2, -0.15) is 5.10 Å². The van der Waals surface area contributed by atoms with Crippen molar-refractivity contribution in [3.8, 4) is 0 Å². The molecule has 0 aliphatic carbocycles. The van der Waals surface area contributed by atoms with Crippen molar-refractivity contribution in [2.24, 2.45) is 0 Å². The first-order valence-electron chi connectivity index (χ1n) is 8.97. The number of aryl methyl sites for hydroxylation is 1. The lowest BCUT2D eigenvalue weighted by atomic mass is 9.76. The molecule has 1 aromatic rings. The Morgan fingerprint density at radius 2 is 2.04 bits per heavy atom. The molecule has 0 spiro atoms. The Labute approximate surface area is 139 Å². The number of aromatic nitrogens is 2. The van der Waals surface area contributed by atoms with Crippen LogP contribution in [0.1, 0.15) is 57.7 Å². The van der Waals surface area contributed by atoms with Crippen molar-refractivity contribution in [2.45, 2.75) is 70.9 Å². The van der Waals surface area contributed by atoms with E-state index < -0.39 is 0 Å². The summed E-state index contributed by atoms with van der Waals surface area (Å²) in [4.78, 5) is 17.4. The predicted molar refractivity (Wildman–Crippen MR) is 91.4 cm³/mol. The Hall–Kier alpha value is -1.36. The largest absolute Gasteiger partial charge is 0.341 e. The molecule has 1 aromatic heterocycles. The summed E-state index contributed by atoms with van der Waals surface area (Å²) in [5.41, 5.74) is 2.59. The van der Waals surface area contributed by atoms with Crippen LogP contribution in [0.15, 0.2) is 6.20 Å². The van der Waals surface area contributed by atoms with Crippen molar-refractivity contribution in [3.63, 3.8) is 0 Å². The molecule has 0 saturated carbocycles. The van der Waals surface area contributed by atoms with Crippen LogP contribution in [0.4, 0.5) is 0 Å². The summed E-state index contributed by atoms with van der Waals surface area (Å²) in [6, 6.07) is 0.558. The van der Waals surface area contributed by atoms with Gasteiger partial charge in [-0.15, -0.1) is 0 Å². The van der Waals surface area contributed by atoms with Gasteiger partial charge in [0.25, 0.3) is 0 Å². The van der Waals surface area contributed by atoms with Crippen molar-refractivity contribution in [3.05, 3.63) is 17.5 Å². The second kappa shape index (κ2) is 6.27. The monoisotopic (exact) mass is 318 g/mol. The topological polar surface area (TPSA) is 52.2 Å². The van der Waals surface area contributed by atoms with Crippen molar-refractivity contribution in [1.82, 2.24) is 20.0 Å². The van der Waals surface area contributed by atoms with E-state index in [0.29, 0.717) is 11.9 Å². The van der Waals surface area contributed by atoms with E-state index in [2.05, 4.69) is 47.7 Å². The molecular weight excluding hydrogens is 288 g/mol. The number of amides is 1. The highest BCUT2D eigenvalue weighted by Gasteiger charge is 2.39. The smallest absolute Gasteiger partial charge is 0.239 e. The Morgan fingerprint density at radius 1 is 1.35 bits per heavy atom. The van der Waals surface area contributed by atoms with Crippen LogP contribution in [0.25, 0.3) is 0 Å². The normalized spacial score (nSPS) is 25.3. The summed E-state index contributed by atoms with van der Waals surface area (Å²) in [6.45, 7) is 11.6. The summed E-state index contributed by atoms with van der Waals surface area (Å²) in [5, 5.41) is 7.35. The van der Waals surface area contributed by atoms with Crippen LogP contribution in [0.2, 0.25) is 0 Å². The minimum atomic E-state index is 0.105. The fourth-order valence-electron chi connectivity index (χ4n) is 4.31. The maximum absolute atomic E-state index is 12.9. The van der Waals surface area contributed by atoms with Gasteiger partial charge in [0, 0.05) is 30.2 Å². The first kappa shape index (κ1) is 16.5. The number of H-pyrrole nitrogens is 1. The van der Waals surface area contributed by atoms with E-state index in [1.807, 2.05) is 6.20 Å². The molecule has 1 atom stereocenters. The van der Waals surface area contributed by atoms with E-state index in [0.717, 1.165) is 45.3 Å². The van der Waals surface area contributed by atoms with E-state index in [4.69, 9.17) is 0 Å². The summed E-state index contributed by atoms with van der Waals surface area (Å²) in [6.07, 6.45) is 6.08. The van der Waals surface area contributed by atoms with Crippen LogP contribution in [0.5, 0.6) is 0 Å². The number of carbonyl (C=O) groups excluding carboxylic acids is 1. The van der Waals surface area contributed by atoms with Gasteiger partial charge in [0.15, 0.2) is 0 Å². The minimum absolute atomic E-state index is 0.105. The predicted octanol–water partition coefficient (Wildman–Crippen LogP) is 2.47. The number of rotatable bonds is 3. The van der Waals surface area contributed by atoms with Gasteiger partial charge in [-0.3, -0.25) is 14.8 Å². The number of hydrogen-bond donors (Lipinski definition) is 1. The van der Waals surface area contributed by atoms with Crippen molar-refractivity contribution >= 4 is 5.91 Å². The highest BCUT2D eigenvalue weighted by Crippen LogP contribution is 2.36. The molecule has 5 heteroatoms. The standard InChI is InChI=1S/C18H30N4O/c1-13(2)22-9-5-6-15(22)17(23)21-10-7-18(4,8-11-21)16-14(3)12-19-20-16/h12-13,15H,5-11H2,1-4H3,(H,19,20). The molecule has 2 aliphatic heterocycles. The minimum Gasteiger partial charge on any atom is -0.341 e. The maximum atomic E-state index is 12.9. The first-order valence-corrected chi connectivity index (χ1v) is 8.97. The third-order valence-corrected chi connectivity index (χ3v) is 5.85. The highest BCUT2D eigenvalue weighted by molar-refractivity contribution is 5.82. The van der Waals surface area contributed by atoms with E-state index >= 15 is 0 Å². The molecule has 128 valence electrons. The summed E-state index contributed by atoms with van der Waals surface area (Å²) in [5.74, 6) is 0.347. The third-order valence-electron chi connectivity index (χ3n) is 5.85. The average molecular weight is 318 g/mol. The molecular formula is C18H30N4O. The lowest BCUT2D eigenvalue weighted by molar-refractivity contribution is -0.138. The number of likely N-dealkylation sites (tertiary alicyclic amines) is 2. The summed E-state index contributed by atoms with van der Waals surface area (Å²) < 4.78 is 0. The Kier molecular flexibility index (Phi) is 4.50. The van der Waals surface area contributed by atoms with Crippen LogP contribution in [-0.4, -0.2) is 57.6 Å². The zero-order chi connectivity index (χ0) is 16.6. The van der Waals surface area contributed by atoms with Gasteiger partial charge in [0.1, 0.15) is 0 Å². The van der Waals surface area contributed by atoms with Crippen LogP contribution in [0.3, 0.4) is 0 Å². The molecule has 1 amide bonds. The van der Waals surface area contributed by atoms with Crippen LogP contribution >= 0.6 is 0 Å². The molecule has 1 unspecified atom stereocenters. The van der Waals surface area contributed by atoms with E-state index in [9.17, 15) is 4.79 Å². The Balaban J connectivity index is 1.65. The van der Waals surface area contributed by atoms with Crippen molar-refractivity contribution in [2.75, 3.05) is 19.6 Å². The van der Waals surface area contributed by atoms with Gasteiger partial charge in [0.2, 0.25) is 5.91 Å². The number of hydrogen-bond acceptors (Lipinski definition) is 3. The quantitative estimate of drug-likeness (QED) is 0.931. The van der Waals surface area contributed by atoms with Gasteiger partial charge in [-0.1, -0.05) is 6.92 Å². The lowest BCUT2D eigenvalue weighted by Gasteiger charge is -2.41. The van der Waals surface area contributed by atoms with E-state index in [1.165, 1.54) is 11.3 Å². The second-order valence-electron chi connectivity index (χ2n) is 7.80. The number of carbonyl (C=O) groups is 1. The number of nitrogens with zero attached hydrogens (tertiary/aromatic N) is 3. The Morgan fingerprint density at radius 3 is 2.61 bits per heavy atom. The van der Waals surface area contributed by atoms with E-state index in [1.54, 1.807) is 0 Å². The van der Waals surface area contributed by atoms with Crippen molar-refractivity contribution in [1.29, 1.82) is 0 Å². The molecule has 23 heavy (non-hydrogen) atoms. The number of piperidine rings is 1. The fourth-order valence-corrected chi connectivity index (χ4v) is 4.31. The Bertz CT molecular complexity index is 557. The summed E-state index contributed by atoms with van der Waals surface area (Å²) >= 11 is 0. The van der Waals surface area contributed by atoms with Gasteiger partial charge in [-0.05, 0) is 58.6 Å². The van der Waals surface area contributed by atoms with Gasteiger partial charge in [-0.25, -0.2) is 0 Å². The maximum Gasteiger partial charge on any atom is 0.239 e. The zero-order valence-electron chi connectivity index (χ0n) is 14.9. The molecule has 0 radical (unpaired) electrons. The molecule has 0 bridgehead atoms. The summed E-state index contributed by atoms with van der Waals surface area (Å²) in [7, 11) is 0. The molecule has 2 aliphatic rings. The number of aromatic amines is 1. The second-order valence-corrected chi connectivity index (χ2v) is 7.80. The van der Waals surface area contributed by atoms with E-state index in [-0.39, 0.29) is 11.5 Å². The first-order chi connectivity index (χ1) is 10.9. The number of nitrogens with one attached hydrogen (secondary N) is 1. The van der Waals surface area contributed by atoms with Crippen LogP contribution < -0.4 is 0 Å². The molecule has 3 heterocycles. The molecule has 1 N–H and O–H groups in total. The van der Waals surface area contributed by atoms with Gasteiger partial charge in [0.05, 0.1) is 12.2 Å². The molecule has 5 nitrogen and oxygen atoms in total.